The van der Waals surface area contributed by atoms with Crippen molar-refractivity contribution >= 4 is 16.6 Å². The Kier molecular flexibility index (Phi) is 3.55. The van der Waals surface area contributed by atoms with Crippen molar-refractivity contribution < 1.29 is 4.79 Å². The summed E-state index contributed by atoms with van der Waals surface area (Å²) in [5.74, 6) is 0.227. The predicted octanol–water partition coefficient (Wildman–Crippen LogP) is 2.27. The van der Waals surface area contributed by atoms with Crippen molar-refractivity contribution in [1.82, 2.24) is 9.80 Å². The Morgan fingerprint density at radius 2 is 1.80 bits per heavy atom. The topological polar surface area (TPSA) is 23.6 Å². The third-order valence-corrected chi connectivity index (χ3v) is 4.19. The van der Waals surface area contributed by atoms with Crippen LogP contribution >= 0.6 is 0 Å². The minimum atomic E-state index is -0.0325. The Balaban J connectivity index is 1.91. The molecule has 1 atom stereocenters. The van der Waals surface area contributed by atoms with Crippen LogP contribution < -0.4 is 0 Å². The Labute approximate surface area is 119 Å². The van der Waals surface area contributed by atoms with Crippen LogP contribution in [-0.2, 0) is 0 Å². The number of piperazine rings is 1. The highest BCUT2D eigenvalue weighted by molar-refractivity contribution is 6.03. The zero-order chi connectivity index (χ0) is 14.1. The Morgan fingerprint density at radius 1 is 1.05 bits per heavy atom. The molecule has 1 aliphatic rings. The van der Waals surface area contributed by atoms with Gasteiger partial charge in [0.15, 0.2) is 5.78 Å². The number of carbonyl (C=O) groups excluding carboxylic acids is 1. The summed E-state index contributed by atoms with van der Waals surface area (Å²) in [5, 5.41) is 2.31. The fourth-order valence-electron chi connectivity index (χ4n) is 2.83. The molecular weight excluding hydrogens is 248 g/mol. The van der Waals surface area contributed by atoms with Gasteiger partial charge in [-0.05, 0) is 30.9 Å². The molecule has 3 rings (SSSR count). The Morgan fingerprint density at radius 3 is 2.60 bits per heavy atom. The van der Waals surface area contributed by atoms with Crippen LogP contribution in [-0.4, -0.2) is 55.4 Å². The van der Waals surface area contributed by atoms with E-state index >= 15 is 0 Å². The fraction of sp³-hybridized carbons (Fsp3) is 0.353. The lowest BCUT2D eigenvalue weighted by molar-refractivity contribution is 0.0686. The van der Waals surface area contributed by atoms with E-state index in [1.54, 1.807) is 0 Å². The van der Waals surface area contributed by atoms with Crippen molar-refractivity contribution in [1.29, 1.82) is 0 Å². The number of carbonyl (C=O) groups is 1. The molecule has 104 valence electrons. The molecule has 0 bridgehead atoms. The van der Waals surface area contributed by atoms with E-state index in [-0.39, 0.29) is 11.8 Å². The first-order valence-corrected chi connectivity index (χ1v) is 7.07. The maximum Gasteiger partial charge on any atom is 0.181 e. The average molecular weight is 268 g/mol. The first-order valence-electron chi connectivity index (χ1n) is 7.07. The van der Waals surface area contributed by atoms with Gasteiger partial charge >= 0.3 is 0 Å². The monoisotopic (exact) mass is 268 g/mol. The van der Waals surface area contributed by atoms with E-state index in [0.29, 0.717) is 0 Å². The van der Waals surface area contributed by atoms with Crippen molar-refractivity contribution in [3.63, 3.8) is 0 Å². The summed E-state index contributed by atoms with van der Waals surface area (Å²) >= 11 is 0. The number of hydrogen-bond donors (Lipinski definition) is 0. The maximum absolute atomic E-state index is 12.7. The van der Waals surface area contributed by atoms with Gasteiger partial charge in [0.1, 0.15) is 0 Å². The first-order chi connectivity index (χ1) is 9.65. The normalized spacial score (nSPS) is 21.2. The van der Waals surface area contributed by atoms with Crippen LogP contribution in [0.25, 0.3) is 10.8 Å². The van der Waals surface area contributed by atoms with E-state index in [0.717, 1.165) is 30.6 Å². The molecule has 1 heterocycles. The molecule has 1 aliphatic heterocycles. The van der Waals surface area contributed by atoms with Gasteiger partial charge in [0.2, 0.25) is 0 Å². The van der Waals surface area contributed by atoms with Crippen LogP contribution in [0.5, 0.6) is 0 Å². The summed E-state index contributed by atoms with van der Waals surface area (Å²) < 4.78 is 0. The van der Waals surface area contributed by atoms with E-state index in [2.05, 4.69) is 29.0 Å². The zero-order valence-corrected chi connectivity index (χ0v) is 12.0. The quantitative estimate of drug-likeness (QED) is 0.781. The summed E-state index contributed by atoms with van der Waals surface area (Å²) in [6.07, 6.45) is 0. The van der Waals surface area contributed by atoms with Gasteiger partial charge in [-0.25, -0.2) is 0 Å². The highest BCUT2D eigenvalue weighted by Crippen LogP contribution is 2.19. The lowest BCUT2D eigenvalue weighted by Gasteiger charge is -2.36. The van der Waals surface area contributed by atoms with Gasteiger partial charge in [-0.3, -0.25) is 9.69 Å². The van der Waals surface area contributed by atoms with Gasteiger partial charge in [-0.15, -0.1) is 0 Å². The molecule has 1 saturated heterocycles. The van der Waals surface area contributed by atoms with Gasteiger partial charge in [0.25, 0.3) is 0 Å². The standard InChI is InChI=1S/C17H20N2O/c1-18-9-10-19(2)16(12-18)17(20)15-8-7-13-5-3-4-6-14(13)11-15/h3-8,11,16H,9-10,12H2,1-2H3. The van der Waals surface area contributed by atoms with E-state index in [1.165, 1.54) is 5.39 Å². The fourth-order valence-corrected chi connectivity index (χ4v) is 2.83. The van der Waals surface area contributed by atoms with Crippen LogP contribution in [0.4, 0.5) is 0 Å². The minimum absolute atomic E-state index is 0.0325. The zero-order valence-electron chi connectivity index (χ0n) is 12.0. The van der Waals surface area contributed by atoms with Gasteiger partial charge < -0.3 is 4.90 Å². The molecule has 2 aromatic rings. The summed E-state index contributed by atoms with van der Waals surface area (Å²) in [6.45, 7) is 2.78. The van der Waals surface area contributed by atoms with Crippen molar-refractivity contribution in [2.45, 2.75) is 6.04 Å². The lowest BCUT2D eigenvalue weighted by Crippen LogP contribution is -2.53. The number of benzene rings is 2. The molecule has 3 nitrogen and oxygen atoms in total. The summed E-state index contributed by atoms with van der Waals surface area (Å²) in [4.78, 5) is 17.1. The van der Waals surface area contributed by atoms with Gasteiger partial charge in [-0.1, -0.05) is 36.4 Å². The summed E-state index contributed by atoms with van der Waals surface area (Å²) in [5.41, 5.74) is 0.816. The Hall–Kier alpha value is -1.71. The van der Waals surface area contributed by atoms with E-state index in [4.69, 9.17) is 0 Å². The molecule has 1 unspecified atom stereocenters. The third-order valence-electron chi connectivity index (χ3n) is 4.19. The maximum atomic E-state index is 12.7. The molecule has 20 heavy (non-hydrogen) atoms. The SMILES string of the molecule is CN1CCN(C)C(C(=O)c2ccc3ccccc3c2)C1. The van der Waals surface area contributed by atoms with Crippen molar-refractivity contribution in [2.24, 2.45) is 0 Å². The van der Waals surface area contributed by atoms with Crippen LogP contribution in [0, 0.1) is 0 Å². The molecule has 0 amide bonds. The van der Waals surface area contributed by atoms with Crippen molar-refractivity contribution in [3.05, 3.63) is 48.0 Å². The van der Waals surface area contributed by atoms with E-state index < -0.39 is 0 Å². The average Bonchev–Trinajstić information content (AvgIpc) is 2.48. The molecule has 3 heteroatoms. The van der Waals surface area contributed by atoms with Gasteiger partial charge in [0.05, 0.1) is 6.04 Å². The number of fused-ring (bicyclic) bond motifs is 1. The lowest BCUT2D eigenvalue weighted by atomic mass is 9.98. The molecule has 0 aliphatic carbocycles. The van der Waals surface area contributed by atoms with Crippen LogP contribution in [0.3, 0.4) is 0 Å². The van der Waals surface area contributed by atoms with Crippen molar-refractivity contribution in [3.8, 4) is 0 Å². The molecule has 2 aromatic carbocycles. The highest BCUT2D eigenvalue weighted by atomic mass is 16.1. The number of hydrogen-bond acceptors (Lipinski definition) is 3. The number of nitrogens with zero attached hydrogens (tertiary/aromatic N) is 2. The molecule has 1 fully saturated rings. The molecule has 0 N–H and O–H groups in total. The Bertz CT molecular complexity index is 638. The molecule has 0 radical (unpaired) electrons. The van der Waals surface area contributed by atoms with Crippen LogP contribution in [0.15, 0.2) is 42.5 Å². The first kappa shape index (κ1) is 13.3. The molecule has 0 saturated carbocycles. The predicted molar refractivity (Wildman–Crippen MR) is 82.2 cm³/mol. The minimum Gasteiger partial charge on any atom is -0.303 e. The molecule has 0 aromatic heterocycles. The smallest absolute Gasteiger partial charge is 0.181 e. The van der Waals surface area contributed by atoms with E-state index in [9.17, 15) is 4.79 Å². The molecular formula is C17H20N2O. The van der Waals surface area contributed by atoms with Crippen molar-refractivity contribution in [2.75, 3.05) is 33.7 Å². The van der Waals surface area contributed by atoms with Gasteiger partial charge in [0, 0.05) is 25.2 Å². The highest BCUT2D eigenvalue weighted by Gasteiger charge is 2.29. The van der Waals surface area contributed by atoms with Gasteiger partial charge in [-0.2, -0.15) is 0 Å². The number of Topliss-reactive ketones (excluding diaryl/α,β-unsaturated/α-hetero) is 1. The third kappa shape index (κ3) is 2.47. The second kappa shape index (κ2) is 5.35. The van der Waals surface area contributed by atoms with E-state index in [1.807, 2.05) is 37.4 Å². The number of ketones is 1. The largest absolute Gasteiger partial charge is 0.303 e. The summed E-state index contributed by atoms with van der Waals surface area (Å²) in [7, 11) is 4.12. The van der Waals surface area contributed by atoms with Crippen LogP contribution in [0.2, 0.25) is 0 Å². The second-order valence-electron chi connectivity index (χ2n) is 5.68. The second-order valence-corrected chi connectivity index (χ2v) is 5.68. The van der Waals surface area contributed by atoms with Crippen LogP contribution in [0.1, 0.15) is 10.4 Å². The summed E-state index contributed by atoms with van der Waals surface area (Å²) in [6, 6.07) is 14.1. The number of rotatable bonds is 2. The number of likely N-dealkylation sites (N-methyl/N-ethyl adjacent to an activating group) is 2. The molecule has 0 spiro atoms.